The zero-order valence-electron chi connectivity index (χ0n) is 12.6. The number of aromatic nitrogens is 3. The number of benzene rings is 1. The number of aryl methyl sites for hydroxylation is 1. The van der Waals surface area contributed by atoms with Crippen LogP contribution in [0.15, 0.2) is 12.1 Å². The first kappa shape index (κ1) is 15.1. The third-order valence-corrected chi connectivity index (χ3v) is 3.23. The van der Waals surface area contributed by atoms with Crippen molar-refractivity contribution < 1.29 is 19.3 Å². The molecule has 1 N–H and O–H groups in total. The fourth-order valence-electron chi connectivity index (χ4n) is 1.88. The van der Waals surface area contributed by atoms with Gasteiger partial charge in [0, 0.05) is 7.05 Å². The van der Waals surface area contributed by atoms with Crippen LogP contribution in [-0.2, 0) is 20.3 Å². The van der Waals surface area contributed by atoms with Crippen molar-refractivity contribution in [2.24, 2.45) is 7.05 Å². The molecular formula is C14H19N3O4. The second-order valence-electron chi connectivity index (χ2n) is 4.50. The van der Waals surface area contributed by atoms with Crippen molar-refractivity contribution in [3.63, 3.8) is 0 Å². The highest BCUT2D eigenvalue weighted by Gasteiger charge is 2.15. The highest BCUT2D eigenvalue weighted by atomic mass is 16.5. The van der Waals surface area contributed by atoms with Gasteiger partial charge in [-0.1, -0.05) is 0 Å². The summed E-state index contributed by atoms with van der Waals surface area (Å²) in [5.74, 6) is 2.97. The van der Waals surface area contributed by atoms with E-state index in [1.165, 1.54) is 14.2 Å². The van der Waals surface area contributed by atoms with Gasteiger partial charge in [0.05, 0.1) is 20.8 Å². The highest BCUT2D eigenvalue weighted by Crippen LogP contribution is 2.39. The average molecular weight is 293 g/mol. The summed E-state index contributed by atoms with van der Waals surface area (Å²) in [6.45, 7) is 2.01. The van der Waals surface area contributed by atoms with Crippen LogP contribution in [0.1, 0.15) is 17.2 Å². The van der Waals surface area contributed by atoms with E-state index in [4.69, 9.17) is 14.2 Å². The van der Waals surface area contributed by atoms with E-state index in [1.54, 1.807) is 12.1 Å². The topological polar surface area (TPSA) is 78.6 Å². The van der Waals surface area contributed by atoms with Crippen LogP contribution in [0.25, 0.3) is 0 Å². The van der Waals surface area contributed by atoms with Crippen LogP contribution in [0.5, 0.6) is 17.2 Å². The van der Waals surface area contributed by atoms with Crippen molar-refractivity contribution in [1.29, 1.82) is 0 Å². The normalized spacial score (nSPS) is 10.5. The molecule has 0 spiro atoms. The van der Waals surface area contributed by atoms with Gasteiger partial charge in [-0.2, -0.15) is 0 Å². The van der Waals surface area contributed by atoms with Crippen molar-refractivity contribution in [3.8, 4) is 17.2 Å². The van der Waals surface area contributed by atoms with Gasteiger partial charge in [-0.25, -0.2) is 0 Å². The fraction of sp³-hybridized carbons (Fsp3) is 0.429. The standard InChI is InChI=1S/C14H19N3O4/c1-9-15-16-13(17(9)2)8-21-14-11(19-3)5-10(7-18)6-12(14)20-4/h5-6,18H,7-8H2,1-4H3. The number of nitrogens with zero attached hydrogens (tertiary/aromatic N) is 3. The van der Waals surface area contributed by atoms with E-state index >= 15 is 0 Å². The molecular weight excluding hydrogens is 274 g/mol. The molecule has 0 bridgehead atoms. The summed E-state index contributed by atoms with van der Waals surface area (Å²) < 4.78 is 18.2. The fourth-order valence-corrected chi connectivity index (χ4v) is 1.88. The summed E-state index contributed by atoms with van der Waals surface area (Å²) in [7, 11) is 4.95. The van der Waals surface area contributed by atoms with Crippen LogP contribution in [0.4, 0.5) is 0 Å². The van der Waals surface area contributed by atoms with E-state index < -0.39 is 0 Å². The van der Waals surface area contributed by atoms with Gasteiger partial charge in [0.25, 0.3) is 0 Å². The number of aliphatic hydroxyl groups excluding tert-OH is 1. The predicted molar refractivity (Wildman–Crippen MR) is 75.5 cm³/mol. The number of aliphatic hydroxyl groups is 1. The number of rotatable bonds is 6. The smallest absolute Gasteiger partial charge is 0.204 e. The molecule has 2 rings (SSSR count). The van der Waals surface area contributed by atoms with Crippen LogP contribution in [0.3, 0.4) is 0 Å². The van der Waals surface area contributed by atoms with E-state index in [-0.39, 0.29) is 13.2 Å². The molecule has 0 saturated carbocycles. The lowest BCUT2D eigenvalue weighted by molar-refractivity contribution is 0.252. The minimum absolute atomic E-state index is 0.102. The Kier molecular flexibility index (Phi) is 4.64. The molecule has 0 saturated heterocycles. The minimum Gasteiger partial charge on any atom is -0.493 e. The zero-order valence-corrected chi connectivity index (χ0v) is 12.6. The van der Waals surface area contributed by atoms with Crippen LogP contribution in [-0.4, -0.2) is 34.1 Å². The van der Waals surface area contributed by atoms with Crippen molar-refractivity contribution >= 4 is 0 Å². The first-order valence-corrected chi connectivity index (χ1v) is 6.44. The van der Waals surface area contributed by atoms with E-state index in [0.717, 1.165) is 5.82 Å². The summed E-state index contributed by atoms with van der Waals surface area (Å²) >= 11 is 0. The average Bonchev–Trinajstić information content (AvgIpc) is 2.83. The first-order chi connectivity index (χ1) is 10.1. The Balaban J connectivity index is 2.28. The van der Waals surface area contributed by atoms with Gasteiger partial charge in [0.15, 0.2) is 17.3 Å². The van der Waals surface area contributed by atoms with Crippen LogP contribution < -0.4 is 14.2 Å². The predicted octanol–water partition coefficient (Wildman–Crippen LogP) is 1.21. The molecule has 0 aliphatic carbocycles. The Morgan fingerprint density at radius 1 is 1.14 bits per heavy atom. The Morgan fingerprint density at radius 3 is 2.19 bits per heavy atom. The summed E-state index contributed by atoms with van der Waals surface area (Å²) in [6, 6.07) is 3.42. The summed E-state index contributed by atoms with van der Waals surface area (Å²) in [5.41, 5.74) is 0.686. The maximum absolute atomic E-state index is 9.24. The van der Waals surface area contributed by atoms with E-state index in [2.05, 4.69) is 10.2 Å². The number of hydrogen-bond acceptors (Lipinski definition) is 6. The Bertz CT molecular complexity index is 600. The zero-order chi connectivity index (χ0) is 15.4. The maximum Gasteiger partial charge on any atom is 0.204 e. The van der Waals surface area contributed by atoms with Gasteiger partial charge in [-0.05, 0) is 24.6 Å². The lowest BCUT2D eigenvalue weighted by Gasteiger charge is -2.15. The molecule has 0 radical (unpaired) electrons. The number of hydrogen-bond donors (Lipinski definition) is 1. The second kappa shape index (κ2) is 6.45. The molecule has 1 heterocycles. The van der Waals surface area contributed by atoms with Gasteiger partial charge >= 0.3 is 0 Å². The van der Waals surface area contributed by atoms with E-state index in [0.29, 0.717) is 28.6 Å². The lowest BCUT2D eigenvalue weighted by atomic mass is 10.2. The molecule has 0 atom stereocenters. The van der Waals surface area contributed by atoms with Gasteiger partial charge in [-0.3, -0.25) is 0 Å². The van der Waals surface area contributed by atoms with Crippen LogP contribution >= 0.6 is 0 Å². The van der Waals surface area contributed by atoms with Gasteiger partial charge in [0.1, 0.15) is 12.4 Å². The maximum atomic E-state index is 9.24. The van der Waals surface area contributed by atoms with E-state index in [9.17, 15) is 5.11 Å². The van der Waals surface area contributed by atoms with Gasteiger partial charge in [0.2, 0.25) is 5.75 Å². The molecule has 1 aromatic heterocycles. The molecule has 7 heteroatoms. The summed E-state index contributed by atoms with van der Waals surface area (Å²) in [6.07, 6.45) is 0. The number of methoxy groups -OCH3 is 2. The molecule has 0 aliphatic rings. The van der Waals surface area contributed by atoms with Crippen molar-refractivity contribution in [2.75, 3.05) is 14.2 Å². The third-order valence-electron chi connectivity index (χ3n) is 3.23. The SMILES string of the molecule is COc1cc(CO)cc(OC)c1OCc1nnc(C)n1C. The molecule has 0 aliphatic heterocycles. The Labute approximate surface area is 123 Å². The van der Waals surface area contributed by atoms with Gasteiger partial charge in [-0.15, -0.1) is 10.2 Å². The first-order valence-electron chi connectivity index (χ1n) is 6.44. The van der Waals surface area contributed by atoms with Crippen molar-refractivity contribution in [3.05, 3.63) is 29.3 Å². The summed E-state index contributed by atoms with van der Waals surface area (Å²) in [5, 5.41) is 17.3. The quantitative estimate of drug-likeness (QED) is 0.862. The van der Waals surface area contributed by atoms with Crippen LogP contribution in [0, 0.1) is 6.92 Å². The molecule has 2 aromatic rings. The third kappa shape index (κ3) is 3.08. The second-order valence-corrected chi connectivity index (χ2v) is 4.50. The molecule has 0 amide bonds. The molecule has 0 unspecified atom stereocenters. The Morgan fingerprint density at radius 2 is 1.76 bits per heavy atom. The monoisotopic (exact) mass is 293 g/mol. The lowest BCUT2D eigenvalue weighted by Crippen LogP contribution is -2.06. The highest BCUT2D eigenvalue weighted by molar-refractivity contribution is 5.53. The Hall–Kier alpha value is -2.28. The molecule has 1 aromatic carbocycles. The molecule has 114 valence electrons. The van der Waals surface area contributed by atoms with Crippen molar-refractivity contribution in [1.82, 2.24) is 14.8 Å². The van der Waals surface area contributed by atoms with Gasteiger partial charge < -0.3 is 23.9 Å². The molecule has 21 heavy (non-hydrogen) atoms. The largest absolute Gasteiger partial charge is 0.493 e. The molecule has 0 fully saturated rings. The molecule has 7 nitrogen and oxygen atoms in total. The number of ether oxygens (including phenoxy) is 3. The minimum atomic E-state index is -0.102. The summed E-state index contributed by atoms with van der Waals surface area (Å²) in [4.78, 5) is 0. The van der Waals surface area contributed by atoms with Crippen molar-refractivity contribution in [2.45, 2.75) is 20.1 Å². The van der Waals surface area contributed by atoms with E-state index in [1.807, 2.05) is 18.5 Å². The van der Waals surface area contributed by atoms with Crippen LogP contribution in [0.2, 0.25) is 0 Å².